The summed E-state index contributed by atoms with van der Waals surface area (Å²) in [7, 11) is 0. The number of allylic oxidation sites excluding steroid dienone is 3. The number of nitrogens with zero attached hydrogens (tertiary/aromatic N) is 1. The molecule has 1 fully saturated rings. The van der Waals surface area contributed by atoms with Crippen LogP contribution >= 0.6 is 0 Å². The summed E-state index contributed by atoms with van der Waals surface area (Å²) < 4.78 is 5.38. The molecule has 2 heterocycles. The molecule has 1 saturated heterocycles. The summed E-state index contributed by atoms with van der Waals surface area (Å²) in [5, 5.41) is 0. The van der Waals surface area contributed by atoms with E-state index in [4.69, 9.17) is 16.2 Å². The monoisotopic (exact) mass is 301 g/mol. The summed E-state index contributed by atoms with van der Waals surface area (Å²) in [5.41, 5.74) is 12.1. The van der Waals surface area contributed by atoms with Crippen LogP contribution < -0.4 is 11.5 Å². The van der Waals surface area contributed by atoms with Gasteiger partial charge in [0, 0.05) is 18.8 Å². The van der Waals surface area contributed by atoms with Crippen LogP contribution in [0.2, 0.25) is 0 Å². The van der Waals surface area contributed by atoms with E-state index < -0.39 is 11.3 Å². The lowest BCUT2D eigenvalue weighted by Gasteiger charge is -2.38. The highest BCUT2D eigenvalue weighted by molar-refractivity contribution is 6.15. The van der Waals surface area contributed by atoms with E-state index in [2.05, 4.69) is 4.99 Å². The summed E-state index contributed by atoms with van der Waals surface area (Å²) in [6.07, 6.45) is 8.77. The summed E-state index contributed by atoms with van der Waals surface area (Å²) in [6, 6.07) is 0. The molecule has 0 aromatic carbocycles. The van der Waals surface area contributed by atoms with Crippen LogP contribution in [0, 0.1) is 11.3 Å². The Morgan fingerprint density at radius 3 is 2.64 bits per heavy atom. The molecule has 0 saturated carbocycles. The van der Waals surface area contributed by atoms with Crippen LogP contribution in [-0.2, 0) is 14.3 Å². The van der Waals surface area contributed by atoms with Crippen LogP contribution in [0.1, 0.15) is 12.8 Å². The third-order valence-corrected chi connectivity index (χ3v) is 4.60. The fourth-order valence-electron chi connectivity index (χ4n) is 3.29. The van der Waals surface area contributed by atoms with Crippen LogP contribution in [0.3, 0.4) is 0 Å². The normalized spacial score (nSPS) is 28.3. The van der Waals surface area contributed by atoms with Crippen LogP contribution in [0.25, 0.3) is 0 Å². The number of ether oxygens (including phenoxy) is 1. The third kappa shape index (κ3) is 2.39. The highest BCUT2D eigenvalue weighted by atomic mass is 16.5. The molecule has 22 heavy (non-hydrogen) atoms. The average Bonchev–Trinajstić information content (AvgIpc) is 2.54. The summed E-state index contributed by atoms with van der Waals surface area (Å²) in [5.74, 6) is -0.785. The zero-order valence-corrected chi connectivity index (χ0v) is 12.2. The molecule has 1 aliphatic carbocycles. The number of hydrogen-bond acceptors (Lipinski definition) is 4. The molecule has 3 rings (SSSR count). The van der Waals surface area contributed by atoms with Crippen molar-refractivity contribution < 1.29 is 14.3 Å². The lowest BCUT2D eigenvalue weighted by Crippen LogP contribution is -2.44. The first kappa shape index (κ1) is 14.7. The Labute approximate surface area is 128 Å². The van der Waals surface area contributed by atoms with Gasteiger partial charge in [-0.2, -0.15) is 0 Å². The van der Waals surface area contributed by atoms with Gasteiger partial charge in [-0.15, -0.1) is 0 Å². The predicted molar refractivity (Wildman–Crippen MR) is 82.0 cm³/mol. The van der Waals surface area contributed by atoms with Crippen LogP contribution in [0.4, 0.5) is 0 Å². The zero-order chi connectivity index (χ0) is 15.7. The maximum atomic E-state index is 12.2. The van der Waals surface area contributed by atoms with Gasteiger partial charge in [-0.25, -0.2) is 0 Å². The number of hydrogen-bond donors (Lipinski definition) is 2. The van der Waals surface area contributed by atoms with Crippen LogP contribution in [0.15, 0.2) is 40.4 Å². The molecular weight excluding hydrogens is 282 g/mol. The number of primary amides is 2. The lowest BCUT2D eigenvalue weighted by molar-refractivity contribution is -0.126. The molecule has 0 aromatic heterocycles. The maximum Gasteiger partial charge on any atom is 0.246 e. The van der Waals surface area contributed by atoms with Crippen molar-refractivity contribution in [3.05, 3.63) is 35.5 Å². The number of rotatable bonds is 3. The van der Waals surface area contributed by atoms with Gasteiger partial charge in [-0.05, 0) is 36.5 Å². The van der Waals surface area contributed by atoms with Gasteiger partial charge in [0.2, 0.25) is 11.8 Å². The quantitative estimate of drug-likeness (QED) is 0.779. The van der Waals surface area contributed by atoms with E-state index in [9.17, 15) is 9.59 Å². The van der Waals surface area contributed by atoms with Gasteiger partial charge >= 0.3 is 0 Å². The second kappa shape index (κ2) is 5.53. The van der Waals surface area contributed by atoms with Crippen molar-refractivity contribution in [3.8, 4) is 0 Å². The Balaban J connectivity index is 2.02. The number of dihydropyridines is 1. The van der Waals surface area contributed by atoms with Crippen LogP contribution in [-0.4, -0.2) is 37.3 Å². The molecule has 0 radical (unpaired) electrons. The topological polar surface area (TPSA) is 108 Å². The van der Waals surface area contributed by atoms with E-state index in [1.807, 2.05) is 18.2 Å². The van der Waals surface area contributed by atoms with E-state index in [0.717, 1.165) is 24.1 Å². The van der Waals surface area contributed by atoms with Gasteiger partial charge in [-0.1, -0.05) is 12.2 Å². The highest BCUT2D eigenvalue weighted by Crippen LogP contribution is 2.41. The first-order chi connectivity index (χ1) is 10.5. The smallest absolute Gasteiger partial charge is 0.246 e. The second-order valence-electron chi connectivity index (χ2n) is 5.85. The van der Waals surface area contributed by atoms with E-state index in [-0.39, 0.29) is 18.4 Å². The number of carbonyl (C=O) groups excluding carboxylic acids is 2. The number of aliphatic imine (C=N–C) groups is 1. The van der Waals surface area contributed by atoms with Crippen molar-refractivity contribution in [2.75, 3.05) is 19.8 Å². The van der Waals surface area contributed by atoms with Gasteiger partial charge in [0.05, 0.1) is 17.7 Å². The van der Waals surface area contributed by atoms with E-state index >= 15 is 0 Å². The molecule has 3 aliphatic rings. The largest absolute Gasteiger partial charge is 0.381 e. The number of fused-ring (bicyclic) bond motifs is 1. The molecule has 0 spiro atoms. The van der Waals surface area contributed by atoms with Gasteiger partial charge in [0.15, 0.2) is 0 Å². The first-order valence-electron chi connectivity index (χ1n) is 7.38. The van der Waals surface area contributed by atoms with E-state index in [1.54, 1.807) is 6.08 Å². The SMILES string of the molecule is NC(=O)C1=CC2=CC(C(N)=O)(C3CCOCC3)C=CC2=NC1. The van der Waals surface area contributed by atoms with Crippen molar-refractivity contribution >= 4 is 17.5 Å². The number of carbonyl (C=O) groups is 2. The van der Waals surface area contributed by atoms with Crippen molar-refractivity contribution in [1.82, 2.24) is 0 Å². The summed E-state index contributed by atoms with van der Waals surface area (Å²) in [6.45, 7) is 1.52. The van der Waals surface area contributed by atoms with Crippen LogP contribution in [0.5, 0.6) is 0 Å². The minimum atomic E-state index is -0.852. The molecule has 0 aromatic rings. The van der Waals surface area contributed by atoms with Gasteiger partial charge in [-0.3, -0.25) is 14.6 Å². The van der Waals surface area contributed by atoms with Crippen molar-refractivity contribution in [2.24, 2.45) is 27.8 Å². The number of amides is 2. The lowest BCUT2D eigenvalue weighted by atomic mass is 9.67. The Morgan fingerprint density at radius 1 is 1.27 bits per heavy atom. The predicted octanol–water partition coefficient (Wildman–Crippen LogP) is 0.247. The fraction of sp³-hybridized carbons (Fsp3) is 0.438. The van der Waals surface area contributed by atoms with Gasteiger partial charge in [0.1, 0.15) is 0 Å². The Kier molecular flexibility index (Phi) is 3.70. The van der Waals surface area contributed by atoms with E-state index in [1.165, 1.54) is 0 Å². The maximum absolute atomic E-state index is 12.2. The minimum Gasteiger partial charge on any atom is -0.381 e. The zero-order valence-electron chi connectivity index (χ0n) is 12.2. The molecule has 2 amide bonds. The second-order valence-corrected chi connectivity index (χ2v) is 5.85. The van der Waals surface area contributed by atoms with Crippen molar-refractivity contribution in [2.45, 2.75) is 12.8 Å². The summed E-state index contributed by atoms with van der Waals surface area (Å²) in [4.78, 5) is 27.9. The Morgan fingerprint density at radius 2 is 2.00 bits per heavy atom. The summed E-state index contributed by atoms with van der Waals surface area (Å²) >= 11 is 0. The molecule has 6 heteroatoms. The molecule has 1 atom stereocenters. The minimum absolute atomic E-state index is 0.0939. The molecule has 6 nitrogen and oxygen atoms in total. The molecule has 4 N–H and O–H groups in total. The number of nitrogens with two attached hydrogens (primary N) is 2. The first-order valence-corrected chi connectivity index (χ1v) is 7.38. The van der Waals surface area contributed by atoms with E-state index in [0.29, 0.717) is 18.8 Å². The molecule has 0 bridgehead atoms. The third-order valence-electron chi connectivity index (χ3n) is 4.60. The van der Waals surface area contributed by atoms with Crippen molar-refractivity contribution in [3.63, 3.8) is 0 Å². The van der Waals surface area contributed by atoms with Gasteiger partial charge in [0.25, 0.3) is 0 Å². The van der Waals surface area contributed by atoms with Crippen molar-refractivity contribution in [1.29, 1.82) is 0 Å². The molecule has 116 valence electrons. The Bertz CT molecular complexity index is 639. The molecule has 1 unspecified atom stereocenters. The average molecular weight is 301 g/mol. The standard InChI is InChI=1S/C16H19N3O3/c17-14(20)11-7-10-8-16(15(18)21,4-1-13(10)19-9-11)12-2-5-22-6-3-12/h1,4,7-8,12H,2-3,5-6,9H2,(H2,17,20)(H2,18,21). The molecule has 2 aliphatic heterocycles. The molecular formula is C16H19N3O3. The fourth-order valence-corrected chi connectivity index (χ4v) is 3.29. The Hall–Kier alpha value is -2.21. The van der Waals surface area contributed by atoms with Gasteiger partial charge < -0.3 is 16.2 Å². The highest BCUT2D eigenvalue weighted by Gasteiger charge is 2.43.